The summed E-state index contributed by atoms with van der Waals surface area (Å²) >= 11 is 0. The zero-order valence-electron chi connectivity index (χ0n) is 13.6. The van der Waals surface area contributed by atoms with E-state index in [1.54, 1.807) is 13.1 Å². The van der Waals surface area contributed by atoms with E-state index in [4.69, 9.17) is 14.6 Å². The monoisotopic (exact) mass is 342 g/mol. The lowest BCUT2D eigenvalue weighted by Gasteiger charge is -2.07. The number of aryl methyl sites for hydroxylation is 2. The Labute approximate surface area is 142 Å². The van der Waals surface area contributed by atoms with E-state index in [1.165, 1.54) is 10.9 Å². The molecule has 128 valence electrons. The van der Waals surface area contributed by atoms with Gasteiger partial charge in [0.2, 0.25) is 0 Å². The lowest BCUT2D eigenvalue weighted by Crippen LogP contribution is -2.26. The SMILES string of the molecule is Cc1ccc(-c2noc(C)c2Cn2ncc(OB(O)O)cc2=O)cn1. The molecule has 0 aliphatic carbocycles. The molecule has 0 atom stereocenters. The number of nitrogens with zero attached hydrogens (tertiary/aromatic N) is 4. The molecule has 3 aromatic rings. The van der Waals surface area contributed by atoms with Gasteiger partial charge in [-0.1, -0.05) is 5.16 Å². The van der Waals surface area contributed by atoms with Crippen LogP contribution in [0.3, 0.4) is 0 Å². The molecule has 0 saturated carbocycles. The fourth-order valence-electron chi connectivity index (χ4n) is 2.28. The van der Waals surface area contributed by atoms with Crippen molar-refractivity contribution in [1.29, 1.82) is 0 Å². The second kappa shape index (κ2) is 6.87. The summed E-state index contributed by atoms with van der Waals surface area (Å²) < 4.78 is 11.1. The van der Waals surface area contributed by atoms with Crippen molar-refractivity contribution in [2.45, 2.75) is 20.4 Å². The van der Waals surface area contributed by atoms with Crippen LogP contribution in [0.25, 0.3) is 11.3 Å². The molecule has 0 aromatic carbocycles. The van der Waals surface area contributed by atoms with Crippen molar-refractivity contribution in [3.8, 4) is 17.0 Å². The number of hydrogen-bond donors (Lipinski definition) is 2. The molecular formula is C15H15BN4O5. The zero-order valence-corrected chi connectivity index (χ0v) is 13.6. The van der Waals surface area contributed by atoms with Crippen LogP contribution in [0.4, 0.5) is 0 Å². The fraction of sp³-hybridized carbons (Fsp3) is 0.200. The minimum Gasteiger partial charge on any atom is -0.510 e. The maximum absolute atomic E-state index is 12.1. The molecule has 0 aliphatic heterocycles. The largest absolute Gasteiger partial charge is 0.707 e. The van der Waals surface area contributed by atoms with E-state index in [9.17, 15) is 4.79 Å². The van der Waals surface area contributed by atoms with Gasteiger partial charge >= 0.3 is 7.32 Å². The third kappa shape index (κ3) is 3.75. The van der Waals surface area contributed by atoms with Crippen molar-refractivity contribution >= 4 is 7.32 Å². The van der Waals surface area contributed by atoms with Crippen LogP contribution >= 0.6 is 0 Å². The average Bonchev–Trinajstić information content (AvgIpc) is 2.91. The van der Waals surface area contributed by atoms with Gasteiger partial charge in [-0.3, -0.25) is 9.78 Å². The molecule has 0 spiro atoms. The van der Waals surface area contributed by atoms with Crippen LogP contribution in [0, 0.1) is 13.8 Å². The molecule has 25 heavy (non-hydrogen) atoms. The molecule has 0 unspecified atom stereocenters. The molecule has 0 saturated heterocycles. The molecule has 0 aliphatic rings. The second-order valence-corrected chi connectivity index (χ2v) is 5.39. The first-order chi connectivity index (χ1) is 11.9. The Morgan fingerprint density at radius 3 is 2.72 bits per heavy atom. The van der Waals surface area contributed by atoms with Crippen LogP contribution in [0.1, 0.15) is 17.0 Å². The molecule has 9 nitrogen and oxygen atoms in total. The van der Waals surface area contributed by atoms with Gasteiger partial charge in [0.05, 0.1) is 12.7 Å². The van der Waals surface area contributed by atoms with Crippen molar-refractivity contribution in [3.63, 3.8) is 0 Å². The van der Waals surface area contributed by atoms with E-state index in [0.717, 1.165) is 17.3 Å². The summed E-state index contributed by atoms with van der Waals surface area (Å²) in [7, 11) is -2.02. The van der Waals surface area contributed by atoms with E-state index in [1.807, 2.05) is 19.1 Å². The average molecular weight is 342 g/mol. The van der Waals surface area contributed by atoms with Crippen LogP contribution < -0.4 is 10.2 Å². The van der Waals surface area contributed by atoms with Crippen LogP contribution in [0.5, 0.6) is 5.75 Å². The topological polar surface area (TPSA) is 124 Å². The van der Waals surface area contributed by atoms with Crippen LogP contribution in [0.2, 0.25) is 0 Å². The smallest absolute Gasteiger partial charge is 0.510 e. The summed E-state index contributed by atoms with van der Waals surface area (Å²) in [6.45, 7) is 3.77. The normalized spacial score (nSPS) is 10.7. The summed E-state index contributed by atoms with van der Waals surface area (Å²) in [5, 5.41) is 25.5. The van der Waals surface area contributed by atoms with Crippen LogP contribution in [-0.2, 0) is 6.54 Å². The van der Waals surface area contributed by atoms with E-state index in [2.05, 4.69) is 19.9 Å². The molecule has 10 heteroatoms. The van der Waals surface area contributed by atoms with Gasteiger partial charge in [-0.25, -0.2) is 4.68 Å². The van der Waals surface area contributed by atoms with Gasteiger partial charge in [0, 0.05) is 29.1 Å². The van der Waals surface area contributed by atoms with E-state index in [-0.39, 0.29) is 12.3 Å². The third-order valence-electron chi connectivity index (χ3n) is 3.56. The first kappa shape index (κ1) is 16.9. The predicted octanol–water partition coefficient (Wildman–Crippen LogP) is 0.307. The Bertz CT molecular complexity index is 936. The summed E-state index contributed by atoms with van der Waals surface area (Å²) in [5.74, 6) is 0.525. The molecule has 0 radical (unpaired) electrons. The predicted molar refractivity (Wildman–Crippen MR) is 87.6 cm³/mol. The van der Waals surface area contributed by atoms with Gasteiger partial charge in [-0.05, 0) is 26.0 Å². The van der Waals surface area contributed by atoms with E-state index in [0.29, 0.717) is 17.0 Å². The Kier molecular flexibility index (Phi) is 4.64. The molecule has 3 heterocycles. The Balaban J connectivity index is 1.92. The van der Waals surface area contributed by atoms with Crippen molar-refractivity contribution in [1.82, 2.24) is 19.9 Å². The quantitative estimate of drug-likeness (QED) is 0.635. The zero-order chi connectivity index (χ0) is 18.0. The lowest BCUT2D eigenvalue weighted by atomic mass is 10.1. The van der Waals surface area contributed by atoms with E-state index >= 15 is 0 Å². The highest BCUT2D eigenvalue weighted by atomic mass is 16.6. The molecule has 0 bridgehead atoms. The molecular weight excluding hydrogens is 327 g/mol. The van der Waals surface area contributed by atoms with Crippen LogP contribution in [0.15, 0.2) is 39.9 Å². The minimum atomic E-state index is -2.02. The van der Waals surface area contributed by atoms with Gasteiger partial charge < -0.3 is 19.2 Å². The highest BCUT2D eigenvalue weighted by Gasteiger charge is 2.17. The fourth-order valence-corrected chi connectivity index (χ4v) is 2.28. The molecule has 2 N–H and O–H groups in total. The van der Waals surface area contributed by atoms with Crippen molar-refractivity contribution in [2.75, 3.05) is 0 Å². The van der Waals surface area contributed by atoms with E-state index < -0.39 is 12.9 Å². The maximum Gasteiger partial charge on any atom is 0.707 e. The Morgan fingerprint density at radius 1 is 1.28 bits per heavy atom. The Morgan fingerprint density at radius 2 is 2.08 bits per heavy atom. The van der Waals surface area contributed by atoms with Crippen LogP contribution in [-0.4, -0.2) is 37.3 Å². The van der Waals surface area contributed by atoms with Crippen molar-refractivity contribution in [2.24, 2.45) is 0 Å². The minimum absolute atomic E-state index is 0.0405. The Hall–Kier alpha value is -2.98. The number of hydrogen-bond acceptors (Lipinski definition) is 8. The van der Waals surface area contributed by atoms with Gasteiger partial charge in [-0.15, -0.1) is 0 Å². The second-order valence-electron chi connectivity index (χ2n) is 5.39. The summed E-state index contributed by atoms with van der Waals surface area (Å²) in [5.41, 5.74) is 2.48. The van der Waals surface area contributed by atoms with Crippen molar-refractivity contribution < 1.29 is 19.2 Å². The lowest BCUT2D eigenvalue weighted by molar-refractivity contribution is 0.286. The summed E-state index contributed by atoms with van der Waals surface area (Å²) in [6.07, 6.45) is 2.91. The number of rotatable bonds is 5. The van der Waals surface area contributed by atoms with Gasteiger partial charge in [0.1, 0.15) is 17.2 Å². The standard InChI is InChI=1S/C15H15BN4O5/c1-9-3-4-11(6-17-9)15-13(10(2)25-19-15)8-20-14(21)5-12(7-18-20)24-16(22)23/h3-7,22-23H,8H2,1-2H3. The maximum atomic E-state index is 12.1. The first-order valence-electron chi connectivity index (χ1n) is 7.42. The van der Waals surface area contributed by atoms with Crippen molar-refractivity contribution in [3.05, 3.63) is 58.0 Å². The highest BCUT2D eigenvalue weighted by molar-refractivity contribution is 6.33. The third-order valence-corrected chi connectivity index (χ3v) is 3.56. The first-order valence-corrected chi connectivity index (χ1v) is 7.42. The molecule has 0 amide bonds. The summed E-state index contributed by atoms with van der Waals surface area (Å²) in [4.78, 5) is 16.4. The number of pyridine rings is 1. The number of aromatic nitrogens is 4. The summed E-state index contributed by atoms with van der Waals surface area (Å²) in [6, 6.07) is 4.85. The molecule has 3 rings (SSSR count). The molecule has 0 fully saturated rings. The van der Waals surface area contributed by atoms with Gasteiger partial charge in [-0.2, -0.15) is 5.10 Å². The highest BCUT2D eigenvalue weighted by Crippen LogP contribution is 2.25. The molecule has 3 aromatic heterocycles. The van der Waals surface area contributed by atoms with Gasteiger partial charge in [0.15, 0.2) is 0 Å². The van der Waals surface area contributed by atoms with Gasteiger partial charge in [0.25, 0.3) is 5.56 Å².